The quantitative estimate of drug-likeness (QED) is 0.117. The molecule has 0 bridgehead atoms. The largest absolute Gasteiger partial charge is 0.481 e. The van der Waals surface area contributed by atoms with Crippen LogP contribution in [0.3, 0.4) is 0 Å². The molecule has 0 aliphatic carbocycles. The van der Waals surface area contributed by atoms with Crippen molar-refractivity contribution < 1.29 is 29.3 Å². The number of carbonyl (C=O) groups is 2. The number of carboxylic acid groups (broad SMARTS) is 1. The lowest BCUT2D eigenvalue weighted by molar-refractivity contribution is -0.268. The average Bonchev–Trinajstić information content (AvgIpc) is 3.53. The van der Waals surface area contributed by atoms with E-state index in [1.807, 2.05) is 91.0 Å². The van der Waals surface area contributed by atoms with E-state index in [1.54, 1.807) is 23.1 Å². The summed E-state index contributed by atoms with van der Waals surface area (Å²) in [5.41, 5.74) is 6.75. The van der Waals surface area contributed by atoms with Gasteiger partial charge in [-0.25, -0.2) is 4.98 Å². The Labute approximate surface area is 281 Å². The normalized spacial score (nSPS) is 19.4. The number of thiazole rings is 1. The van der Waals surface area contributed by atoms with E-state index in [1.165, 1.54) is 4.70 Å². The van der Waals surface area contributed by atoms with Gasteiger partial charge in [-0.2, -0.15) is 0 Å². The number of amides is 1. The first-order chi connectivity index (χ1) is 22.9. The lowest BCUT2D eigenvalue weighted by Crippen LogP contribution is -2.38. The molecule has 1 aliphatic heterocycles. The van der Waals surface area contributed by atoms with Gasteiger partial charge in [-0.1, -0.05) is 97.5 Å². The summed E-state index contributed by atoms with van der Waals surface area (Å²) in [6.45, 7) is 2.48. The Balaban J connectivity index is 1.18. The van der Waals surface area contributed by atoms with Crippen molar-refractivity contribution in [2.75, 3.05) is 5.75 Å². The first-order valence-electron chi connectivity index (χ1n) is 15.5. The molecule has 2 heterocycles. The zero-order valence-electron chi connectivity index (χ0n) is 25.9. The summed E-state index contributed by atoms with van der Waals surface area (Å²) in [4.78, 5) is 27.5. The molecule has 0 saturated carbocycles. The molecule has 10 heteroatoms. The van der Waals surface area contributed by atoms with Crippen LogP contribution < -0.4 is 5.32 Å². The molecule has 3 N–H and O–H groups in total. The summed E-state index contributed by atoms with van der Waals surface area (Å²) in [5.74, 6) is -0.484. The lowest BCUT2D eigenvalue weighted by atomic mass is 9.91. The smallest absolute Gasteiger partial charge is 0.303 e. The third-order valence-corrected chi connectivity index (χ3v) is 10.5. The van der Waals surface area contributed by atoms with Crippen LogP contribution in [0.15, 0.2) is 101 Å². The second-order valence-corrected chi connectivity index (χ2v) is 13.9. The van der Waals surface area contributed by atoms with Crippen molar-refractivity contribution in [3.63, 3.8) is 0 Å². The Bertz CT molecular complexity index is 1790. The van der Waals surface area contributed by atoms with E-state index in [4.69, 9.17) is 19.6 Å². The molecule has 242 valence electrons. The van der Waals surface area contributed by atoms with E-state index in [-0.39, 0.29) is 43.5 Å². The molecule has 4 atom stereocenters. The number of aliphatic carboxylic acids is 1. The Morgan fingerprint density at radius 1 is 0.872 bits per heavy atom. The minimum absolute atomic E-state index is 0.00872. The molecule has 1 fully saturated rings. The van der Waals surface area contributed by atoms with Crippen molar-refractivity contribution >= 4 is 45.2 Å². The number of para-hydroxylation sites is 1. The van der Waals surface area contributed by atoms with Crippen molar-refractivity contribution in [3.8, 4) is 11.1 Å². The van der Waals surface area contributed by atoms with E-state index in [9.17, 15) is 14.7 Å². The predicted molar refractivity (Wildman–Crippen MR) is 184 cm³/mol. The molecule has 1 aliphatic rings. The van der Waals surface area contributed by atoms with E-state index < -0.39 is 12.3 Å². The van der Waals surface area contributed by atoms with Crippen LogP contribution in [0.5, 0.6) is 0 Å². The van der Waals surface area contributed by atoms with Crippen molar-refractivity contribution in [1.82, 2.24) is 10.3 Å². The zero-order chi connectivity index (χ0) is 32.8. The van der Waals surface area contributed by atoms with Crippen molar-refractivity contribution in [2.24, 2.45) is 5.92 Å². The van der Waals surface area contributed by atoms with Gasteiger partial charge in [0.15, 0.2) is 10.6 Å². The topological polar surface area (TPSA) is 118 Å². The number of nitrogens with one attached hydrogen (secondary N) is 1. The van der Waals surface area contributed by atoms with Crippen LogP contribution in [-0.4, -0.2) is 38.9 Å². The molecule has 8 nitrogen and oxygen atoms in total. The molecule has 0 spiro atoms. The highest BCUT2D eigenvalue weighted by molar-refractivity contribution is 8.01. The Hall–Kier alpha value is -4.06. The second kappa shape index (κ2) is 15.2. The molecule has 1 amide bonds. The minimum atomic E-state index is -0.991. The van der Waals surface area contributed by atoms with Crippen molar-refractivity contribution in [3.05, 3.63) is 119 Å². The van der Waals surface area contributed by atoms with Crippen LogP contribution in [0.1, 0.15) is 54.4 Å². The van der Waals surface area contributed by atoms with Crippen LogP contribution >= 0.6 is 23.1 Å². The first-order valence-corrected chi connectivity index (χ1v) is 17.3. The fraction of sp³-hybridized carbons (Fsp3) is 0.270. The Kier molecular flexibility index (Phi) is 10.6. The second-order valence-electron chi connectivity index (χ2n) is 11.6. The number of rotatable bonds is 12. The number of fused-ring (bicyclic) bond motifs is 1. The summed E-state index contributed by atoms with van der Waals surface area (Å²) in [6, 6.07) is 32.1. The fourth-order valence-corrected chi connectivity index (χ4v) is 7.84. The van der Waals surface area contributed by atoms with E-state index >= 15 is 0 Å². The van der Waals surface area contributed by atoms with Gasteiger partial charge in [0.1, 0.15) is 0 Å². The molecule has 6 rings (SSSR count). The average molecular weight is 669 g/mol. The van der Waals surface area contributed by atoms with E-state index in [2.05, 4.69) is 18.3 Å². The van der Waals surface area contributed by atoms with E-state index in [0.29, 0.717) is 6.54 Å². The maximum absolute atomic E-state index is 12.0. The summed E-state index contributed by atoms with van der Waals surface area (Å²) >= 11 is 3.40. The van der Waals surface area contributed by atoms with Gasteiger partial charge in [0.25, 0.3) is 0 Å². The molecule has 1 saturated heterocycles. The van der Waals surface area contributed by atoms with E-state index in [0.717, 1.165) is 49.0 Å². The predicted octanol–water partition coefficient (Wildman–Crippen LogP) is 7.52. The third-order valence-electron chi connectivity index (χ3n) is 8.27. The molecule has 0 unspecified atom stereocenters. The number of aliphatic hydroxyl groups excluding tert-OH is 1. The van der Waals surface area contributed by atoms with Gasteiger partial charge in [-0.15, -0.1) is 11.3 Å². The van der Waals surface area contributed by atoms with Crippen molar-refractivity contribution in [2.45, 2.75) is 55.8 Å². The Morgan fingerprint density at radius 2 is 1.64 bits per heavy atom. The molecular weight excluding hydrogens is 633 g/mol. The van der Waals surface area contributed by atoms with Gasteiger partial charge in [0.05, 0.1) is 35.5 Å². The Morgan fingerprint density at radius 3 is 2.38 bits per heavy atom. The van der Waals surface area contributed by atoms with Gasteiger partial charge in [0, 0.05) is 30.2 Å². The standard InChI is InChI=1S/C37H36N2O6S2/c1-23-31(22-46-37-39-30-7-2-3-8-32(30)47-37)44-36(45-35(23)27-11-9-24(21-40)10-12-27)28-15-13-26(14-16-28)29-6-4-5-25(19-29)20-38-33(41)17-18-34(42)43/h2-16,19,23,31,35-36,40H,17-18,20-22H2,1H3,(H,38,41)(H,42,43)/t23-,31+,35+,36+/m0/s1. The highest BCUT2D eigenvalue weighted by Gasteiger charge is 2.38. The van der Waals surface area contributed by atoms with Crippen molar-refractivity contribution in [1.29, 1.82) is 0 Å². The SMILES string of the molecule is C[C@H]1[C@@H](CSc2nc3ccccc3s2)O[C@@H](c2ccc(-c3cccc(CNC(=O)CCC(=O)O)c3)cc2)O[C@H]1c1ccc(CO)cc1. The molecule has 1 aromatic heterocycles. The number of benzene rings is 4. The maximum atomic E-state index is 12.0. The number of aromatic nitrogens is 1. The van der Waals surface area contributed by atoms with Gasteiger partial charge >= 0.3 is 5.97 Å². The highest BCUT2D eigenvalue weighted by Crippen LogP contribution is 2.43. The summed E-state index contributed by atoms with van der Waals surface area (Å²) in [7, 11) is 0. The molecule has 4 aromatic carbocycles. The first kappa shape index (κ1) is 32.9. The number of aliphatic hydroxyl groups is 1. The third kappa shape index (κ3) is 8.27. The summed E-state index contributed by atoms with van der Waals surface area (Å²) < 4.78 is 15.5. The lowest BCUT2D eigenvalue weighted by Gasteiger charge is -2.41. The van der Waals surface area contributed by atoms with Crippen LogP contribution in [0.4, 0.5) is 0 Å². The maximum Gasteiger partial charge on any atom is 0.303 e. The van der Waals surface area contributed by atoms with Gasteiger partial charge in [-0.3, -0.25) is 9.59 Å². The summed E-state index contributed by atoms with van der Waals surface area (Å²) in [6.07, 6.45) is -1.11. The number of nitrogens with zero attached hydrogens (tertiary/aromatic N) is 1. The van der Waals surface area contributed by atoms with Crippen LogP contribution in [0.25, 0.3) is 21.3 Å². The van der Waals surface area contributed by atoms with Gasteiger partial charge < -0.3 is 25.0 Å². The molecule has 0 radical (unpaired) electrons. The fourth-order valence-electron chi connectivity index (χ4n) is 5.58. The van der Waals surface area contributed by atoms with Gasteiger partial charge in [0.2, 0.25) is 5.91 Å². The number of ether oxygens (including phenoxy) is 2. The van der Waals surface area contributed by atoms with Crippen LogP contribution in [0.2, 0.25) is 0 Å². The molecular formula is C37H36N2O6S2. The van der Waals surface area contributed by atoms with Crippen LogP contribution in [0, 0.1) is 5.92 Å². The zero-order valence-corrected chi connectivity index (χ0v) is 27.5. The van der Waals surface area contributed by atoms with Crippen LogP contribution in [-0.2, 0) is 32.2 Å². The number of hydrogen-bond acceptors (Lipinski definition) is 8. The number of hydrogen-bond donors (Lipinski definition) is 3. The molecule has 47 heavy (non-hydrogen) atoms. The minimum Gasteiger partial charge on any atom is -0.481 e. The number of carbonyl (C=O) groups excluding carboxylic acids is 1. The highest BCUT2D eigenvalue weighted by atomic mass is 32.2. The number of carboxylic acids is 1. The molecule has 5 aromatic rings. The summed E-state index contributed by atoms with van der Waals surface area (Å²) in [5, 5.41) is 21.2. The van der Waals surface area contributed by atoms with Gasteiger partial charge in [-0.05, 0) is 46.0 Å². The monoisotopic (exact) mass is 668 g/mol. The number of thioether (sulfide) groups is 1.